The maximum absolute atomic E-state index is 11.3. The molecule has 1 heterocycles. The van der Waals surface area contributed by atoms with E-state index < -0.39 is 6.29 Å². The van der Waals surface area contributed by atoms with Crippen LogP contribution in [0.1, 0.15) is 18.3 Å². The van der Waals surface area contributed by atoms with Crippen LogP contribution in [0.25, 0.3) is 0 Å². The third kappa shape index (κ3) is 3.29. The highest BCUT2D eigenvalue weighted by atomic mass is 79.9. The number of ether oxygens (including phenoxy) is 2. The first-order valence-corrected chi connectivity index (χ1v) is 6.19. The van der Waals surface area contributed by atoms with Gasteiger partial charge in [0.05, 0.1) is 19.3 Å². The molecule has 0 radical (unpaired) electrons. The Morgan fingerprint density at radius 1 is 1.44 bits per heavy atom. The van der Waals surface area contributed by atoms with E-state index in [0.29, 0.717) is 18.9 Å². The Morgan fingerprint density at radius 2 is 2.17 bits per heavy atom. The second-order valence-electron chi connectivity index (χ2n) is 3.73. The maximum Gasteiger partial charge on any atom is 0.238 e. The van der Waals surface area contributed by atoms with Crippen molar-refractivity contribution in [1.29, 1.82) is 5.26 Å². The molecule has 0 bridgehead atoms. The number of nitrogens with zero attached hydrogens (tertiary/aromatic N) is 1. The summed E-state index contributed by atoms with van der Waals surface area (Å²) in [6.45, 7) is 1.13. The van der Waals surface area contributed by atoms with Crippen LogP contribution < -0.4 is 5.32 Å². The number of anilines is 1. The summed E-state index contributed by atoms with van der Waals surface area (Å²) < 4.78 is 11.6. The first-order chi connectivity index (χ1) is 8.69. The number of carbonyl (C=O) groups is 1. The molecule has 6 heteroatoms. The van der Waals surface area contributed by atoms with Crippen LogP contribution in [0.2, 0.25) is 0 Å². The van der Waals surface area contributed by atoms with Gasteiger partial charge in [-0.1, -0.05) is 15.9 Å². The summed E-state index contributed by atoms with van der Waals surface area (Å²) in [5.74, 6) is -0.338. The van der Waals surface area contributed by atoms with Gasteiger partial charge in [0.2, 0.25) is 5.91 Å². The largest absolute Gasteiger partial charge is 0.346 e. The average Bonchev–Trinajstić information content (AvgIpc) is 2.81. The van der Waals surface area contributed by atoms with Crippen molar-refractivity contribution >= 4 is 27.5 Å². The minimum Gasteiger partial charge on any atom is -0.346 e. The van der Waals surface area contributed by atoms with E-state index in [1.54, 1.807) is 18.2 Å². The fraction of sp³-hybridized carbons (Fsp3) is 0.333. The van der Waals surface area contributed by atoms with E-state index in [4.69, 9.17) is 14.7 Å². The van der Waals surface area contributed by atoms with E-state index in [1.807, 2.05) is 6.07 Å². The predicted molar refractivity (Wildman–Crippen MR) is 67.6 cm³/mol. The number of nitrogens with one attached hydrogen (secondary N) is 1. The van der Waals surface area contributed by atoms with Crippen molar-refractivity contribution in [2.45, 2.75) is 12.7 Å². The summed E-state index contributed by atoms with van der Waals surface area (Å²) in [6.07, 6.45) is -0.563. The summed E-state index contributed by atoms with van der Waals surface area (Å²) >= 11 is 3.36. The number of rotatable bonds is 3. The Labute approximate surface area is 113 Å². The molecule has 0 aliphatic carbocycles. The SMILES string of the molecule is N#CCC(=O)Nc1cc(Br)cc(C2OCCO2)c1. The van der Waals surface area contributed by atoms with Gasteiger partial charge in [-0.15, -0.1) is 0 Å². The zero-order valence-corrected chi connectivity index (χ0v) is 11.1. The lowest BCUT2D eigenvalue weighted by Gasteiger charge is -2.12. The van der Waals surface area contributed by atoms with Crippen molar-refractivity contribution in [2.24, 2.45) is 0 Å². The highest BCUT2D eigenvalue weighted by Crippen LogP contribution is 2.29. The molecule has 0 spiro atoms. The minimum atomic E-state index is -0.394. The molecule has 0 atom stereocenters. The Bertz CT molecular complexity index is 493. The summed E-state index contributed by atoms with van der Waals surface area (Å²) in [5, 5.41) is 11.1. The average molecular weight is 311 g/mol. The molecular formula is C12H11BrN2O3. The molecule has 5 nitrogen and oxygen atoms in total. The van der Waals surface area contributed by atoms with Gasteiger partial charge < -0.3 is 14.8 Å². The van der Waals surface area contributed by atoms with Crippen LogP contribution in [0.3, 0.4) is 0 Å². The van der Waals surface area contributed by atoms with Gasteiger partial charge in [0, 0.05) is 15.7 Å². The lowest BCUT2D eigenvalue weighted by Crippen LogP contribution is -2.10. The molecule has 1 saturated heterocycles. The first-order valence-electron chi connectivity index (χ1n) is 5.39. The maximum atomic E-state index is 11.3. The van der Waals surface area contributed by atoms with Crippen LogP contribution in [0.4, 0.5) is 5.69 Å². The number of halogens is 1. The first kappa shape index (κ1) is 13.0. The number of hydrogen-bond donors (Lipinski definition) is 1. The molecule has 1 fully saturated rings. The predicted octanol–water partition coefficient (Wildman–Crippen LogP) is 2.35. The molecule has 1 aromatic carbocycles. The molecule has 0 saturated carbocycles. The molecule has 18 heavy (non-hydrogen) atoms. The third-order valence-corrected chi connectivity index (χ3v) is 2.80. The number of nitriles is 1. The van der Waals surface area contributed by atoms with Gasteiger partial charge in [-0.05, 0) is 18.2 Å². The van der Waals surface area contributed by atoms with Crippen LogP contribution in [-0.2, 0) is 14.3 Å². The van der Waals surface area contributed by atoms with Crippen LogP contribution in [0.15, 0.2) is 22.7 Å². The Morgan fingerprint density at radius 3 is 2.83 bits per heavy atom. The van der Waals surface area contributed by atoms with Crippen molar-refractivity contribution < 1.29 is 14.3 Å². The van der Waals surface area contributed by atoms with Crippen molar-refractivity contribution in [2.75, 3.05) is 18.5 Å². The Hall–Kier alpha value is -1.42. The highest BCUT2D eigenvalue weighted by molar-refractivity contribution is 9.10. The summed E-state index contributed by atoms with van der Waals surface area (Å²) in [4.78, 5) is 11.3. The van der Waals surface area contributed by atoms with Gasteiger partial charge in [-0.25, -0.2) is 0 Å². The van der Waals surface area contributed by atoms with Crippen molar-refractivity contribution in [3.8, 4) is 6.07 Å². The molecular weight excluding hydrogens is 300 g/mol. The smallest absolute Gasteiger partial charge is 0.238 e. The second-order valence-corrected chi connectivity index (χ2v) is 4.65. The molecule has 0 aromatic heterocycles. The summed E-state index contributed by atoms with van der Waals surface area (Å²) in [5.41, 5.74) is 1.44. The van der Waals surface area contributed by atoms with Crippen molar-refractivity contribution in [3.05, 3.63) is 28.2 Å². The molecule has 1 amide bonds. The van der Waals surface area contributed by atoms with Crippen LogP contribution in [-0.4, -0.2) is 19.1 Å². The molecule has 1 aliphatic rings. The monoisotopic (exact) mass is 310 g/mol. The number of hydrogen-bond acceptors (Lipinski definition) is 4. The van der Waals surface area contributed by atoms with Gasteiger partial charge in [0.15, 0.2) is 6.29 Å². The van der Waals surface area contributed by atoms with E-state index in [2.05, 4.69) is 21.2 Å². The third-order valence-electron chi connectivity index (χ3n) is 2.34. The lowest BCUT2D eigenvalue weighted by molar-refractivity contribution is -0.115. The lowest BCUT2D eigenvalue weighted by atomic mass is 10.2. The molecule has 0 unspecified atom stereocenters. The van der Waals surface area contributed by atoms with Gasteiger partial charge in [0.25, 0.3) is 0 Å². The van der Waals surface area contributed by atoms with Gasteiger partial charge in [-0.2, -0.15) is 5.26 Å². The van der Waals surface area contributed by atoms with Crippen molar-refractivity contribution in [1.82, 2.24) is 0 Å². The van der Waals surface area contributed by atoms with E-state index in [0.717, 1.165) is 10.0 Å². The van der Waals surface area contributed by atoms with Gasteiger partial charge in [0.1, 0.15) is 6.42 Å². The summed E-state index contributed by atoms with van der Waals surface area (Å²) in [6, 6.07) is 7.20. The van der Waals surface area contributed by atoms with Crippen LogP contribution in [0, 0.1) is 11.3 Å². The number of carbonyl (C=O) groups excluding carboxylic acids is 1. The molecule has 1 aliphatic heterocycles. The van der Waals surface area contributed by atoms with Crippen molar-refractivity contribution in [3.63, 3.8) is 0 Å². The van der Waals surface area contributed by atoms with Gasteiger partial charge in [-0.3, -0.25) is 4.79 Å². The number of amides is 1. The van der Waals surface area contributed by atoms with Gasteiger partial charge >= 0.3 is 0 Å². The minimum absolute atomic E-state index is 0.168. The summed E-state index contributed by atoms with van der Waals surface area (Å²) in [7, 11) is 0. The zero-order valence-electron chi connectivity index (χ0n) is 9.48. The number of benzene rings is 1. The standard InChI is InChI=1S/C12H11BrN2O3/c13-9-5-8(12-17-3-4-18-12)6-10(7-9)15-11(16)1-2-14/h5-7,12H,1,3-4H2,(H,15,16). The zero-order chi connectivity index (χ0) is 13.0. The molecule has 2 rings (SSSR count). The normalized spacial score (nSPS) is 15.3. The van der Waals surface area contributed by atoms with E-state index in [1.165, 1.54) is 0 Å². The fourth-order valence-corrected chi connectivity index (χ4v) is 2.16. The van der Waals surface area contributed by atoms with E-state index in [9.17, 15) is 4.79 Å². The molecule has 94 valence electrons. The highest BCUT2D eigenvalue weighted by Gasteiger charge is 2.19. The quantitative estimate of drug-likeness (QED) is 0.930. The van der Waals surface area contributed by atoms with E-state index in [-0.39, 0.29) is 12.3 Å². The molecule has 1 N–H and O–H groups in total. The Balaban J connectivity index is 2.16. The Kier molecular flexibility index (Phi) is 4.31. The topological polar surface area (TPSA) is 71.4 Å². The fourth-order valence-electron chi connectivity index (χ4n) is 1.65. The van der Waals surface area contributed by atoms with Crippen LogP contribution >= 0.6 is 15.9 Å². The second kappa shape index (κ2) is 5.96. The molecule has 1 aromatic rings. The van der Waals surface area contributed by atoms with E-state index >= 15 is 0 Å². The van der Waals surface area contributed by atoms with Crippen LogP contribution in [0.5, 0.6) is 0 Å².